The van der Waals surface area contributed by atoms with Crippen molar-refractivity contribution in [2.75, 3.05) is 0 Å². The highest BCUT2D eigenvalue weighted by Gasteiger charge is 2.10. The zero-order valence-corrected chi connectivity index (χ0v) is 3.86. The lowest BCUT2D eigenvalue weighted by Gasteiger charge is -1.96. The van der Waals surface area contributed by atoms with Gasteiger partial charge in [-0.05, 0) is 13.8 Å². The highest BCUT2D eigenvalue weighted by molar-refractivity contribution is 4.90. The Morgan fingerprint density at radius 2 is 1.83 bits per heavy atom. The van der Waals surface area contributed by atoms with Crippen molar-refractivity contribution in [3.63, 3.8) is 0 Å². The summed E-state index contributed by atoms with van der Waals surface area (Å²) < 4.78 is 0. The van der Waals surface area contributed by atoms with Crippen LogP contribution in [0.15, 0.2) is 0 Å². The zero-order valence-electron chi connectivity index (χ0n) is 3.86. The molecule has 2 heteroatoms. The van der Waals surface area contributed by atoms with Crippen LogP contribution in [0.3, 0.4) is 0 Å². The maximum Gasteiger partial charge on any atom is 0.183 e. The van der Waals surface area contributed by atoms with Crippen LogP contribution >= 0.6 is 0 Å². The molecular formula is C4H6NO. The third kappa shape index (κ3) is 3.45. The monoisotopic (exact) mass is 84.0 g/mol. The molecule has 0 saturated heterocycles. The van der Waals surface area contributed by atoms with Gasteiger partial charge in [-0.2, -0.15) is 5.26 Å². The normalized spacial score (nSPS) is 10.3. The van der Waals surface area contributed by atoms with E-state index in [-0.39, 0.29) is 0 Å². The van der Waals surface area contributed by atoms with Crippen LogP contribution in [0, 0.1) is 11.3 Å². The molecule has 0 unspecified atom stereocenters. The van der Waals surface area contributed by atoms with Crippen LogP contribution in [0.25, 0.3) is 0 Å². The minimum atomic E-state index is -1.40. The summed E-state index contributed by atoms with van der Waals surface area (Å²) in [6.45, 7) is 2.65. The lowest BCUT2D eigenvalue weighted by molar-refractivity contribution is 0.0561. The number of hydrogen-bond acceptors (Lipinski definition) is 1. The van der Waals surface area contributed by atoms with Gasteiger partial charge in [0.05, 0.1) is 0 Å². The van der Waals surface area contributed by atoms with E-state index in [2.05, 4.69) is 0 Å². The molecule has 0 aliphatic heterocycles. The van der Waals surface area contributed by atoms with Crippen LogP contribution in [0.5, 0.6) is 0 Å². The fourth-order valence-electron chi connectivity index (χ4n) is 0. The van der Waals surface area contributed by atoms with Gasteiger partial charge in [0.15, 0.2) is 5.60 Å². The molecule has 0 spiro atoms. The highest BCUT2D eigenvalue weighted by Crippen LogP contribution is 1.95. The van der Waals surface area contributed by atoms with Crippen molar-refractivity contribution in [3.05, 3.63) is 0 Å². The van der Waals surface area contributed by atoms with Gasteiger partial charge in [-0.25, -0.2) is 5.11 Å². The molecule has 0 bridgehead atoms. The third-order valence-electron chi connectivity index (χ3n) is 0.269. The van der Waals surface area contributed by atoms with Crippen LogP contribution in [0.4, 0.5) is 0 Å². The fraction of sp³-hybridized carbons (Fsp3) is 0.750. The minimum Gasteiger partial charge on any atom is -0.214 e. The molecular weight excluding hydrogens is 78.1 g/mol. The molecule has 0 aliphatic carbocycles. The van der Waals surface area contributed by atoms with Crippen molar-refractivity contribution >= 4 is 0 Å². The smallest absolute Gasteiger partial charge is 0.183 e. The van der Waals surface area contributed by atoms with E-state index in [9.17, 15) is 5.11 Å². The molecule has 0 atom stereocenters. The Kier molecular flexibility index (Phi) is 1.16. The topological polar surface area (TPSA) is 43.7 Å². The quantitative estimate of drug-likeness (QED) is 0.426. The average molecular weight is 84.1 g/mol. The largest absolute Gasteiger partial charge is 0.214 e. The van der Waals surface area contributed by atoms with Crippen LogP contribution in [-0.4, -0.2) is 5.60 Å². The molecule has 33 valence electrons. The average Bonchev–Trinajstić information content (AvgIpc) is 1.35. The molecule has 2 nitrogen and oxygen atoms in total. The highest BCUT2D eigenvalue weighted by atomic mass is 16.3. The maximum atomic E-state index is 10.1. The SMILES string of the molecule is CC(C)([O])C#N. The second-order valence-electron chi connectivity index (χ2n) is 1.62. The number of hydrogen-bond donors (Lipinski definition) is 0. The van der Waals surface area contributed by atoms with Crippen molar-refractivity contribution < 1.29 is 5.11 Å². The summed E-state index contributed by atoms with van der Waals surface area (Å²) in [4.78, 5) is 0. The summed E-state index contributed by atoms with van der Waals surface area (Å²) in [6.07, 6.45) is 0. The zero-order chi connectivity index (χ0) is 5.21. The second-order valence-corrected chi connectivity index (χ2v) is 1.62. The first-order valence-corrected chi connectivity index (χ1v) is 1.68. The van der Waals surface area contributed by atoms with Crippen LogP contribution in [0.1, 0.15) is 13.8 Å². The molecule has 0 fully saturated rings. The van der Waals surface area contributed by atoms with Crippen molar-refractivity contribution in [3.8, 4) is 6.07 Å². The molecule has 0 N–H and O–H groups in total. The van der Waals surface area contributed by atoms with E-state index in [0.717, 1.165) is 0 Å². The molecule has 0 heterocycles. The molecule has 0 aromatic heterocycles. The van der Waals surface area contributed by atoms with E-state index in [4.69, 9.17) is 5.26 Å². The van der Waals surface area contributed by atoms with E-state index < -0.39 is 5.60 Å². The number of rotatable bonds is 0. The van der Waals surface area contributed by atoms with Crippen molar-refractivity contribution in [2.45, 2.75) is 19.4 Å². The Balaban J connectivity index is 3.55. The van der Waals surface area contributed by atoms with Gasteiger partial charge in [-0.3, -0.25) is 0 Å². The van der Waals surface area contributed by atoms with Gasteiger partial charge in [0, 0.05) is 0 Å². The van der Waals surface area contributed by atoms with E-state index in [1.54, 1.807) is 6.07 Å². The predicted molar refractivity (Wildman–Crippen MR) is 20.4 cm³/mol. The first kappa shape index (κ1) is 5.45. The minimum absolute atomic E-state index is 1.33. The predicted octanol–water partition coefficient (Wildman–Crippen LogP) is 0.719. The van der Waals surface area contributed by atoms with E-state index in [1.165, 1.54) is 13.8 Å². The van der Waals surface area contributed by atoms with Crippen molar-refractivity contribution in [2.24, 2.45) is 0 Å². The van der Waals surface area contributed by atoms with Gasteiger partial charge in [0.25, 0.3) is 0 Å². The first-order valence-electron chi connectivity index (χ1n) is 1.68. The van der Waals surface area contributed by atoms with Crippen LogP contribution in [-0.2, 0) is 5.11 Å². The summed E-state index contributed by atoms with van der Waals surface area (Å²) in [6, 6.07) is 1.55. The number of nitrogens with zero attached hydrogens (tertiary/aromatic N) is 1. The Hall–Kier alpha value is -0.550. The van der Waals surface area contributed by atoms with Gasteiger partial charge in [-0.1, -0.05) is 0 Å². The number of nitriles is 1. The second kappa shape index (κ2) is 1.27. The molecule has 1 radical (unpaired) electrons. The van der Waals surface area contributed by atoms with Gasteiger partial charge >= 0.3 is 0 Å². The summed E-state index contributed by atoms with van der Waals surface area (Å²) in [5.74, 6) is 0. The van der Waals surface area contributed by atoms with Gasteiger partial charge in [0.2, 0.25) is 0 Å². The maximum absolute atomic E-state index is 10.1. The lowest BCUT2D eigenvalue weighted by Crippen LogP contribution is -2.11. The van der Waals surface area contributed by atoms with Gasteiger partial charge in [0.1, 0.15) is 6.07 Å². The molecule has 0 aliphatic rings. The molecule has 0 saturated carbocycles. The Morgan fingerprint density at radius 1 is 1.67 bits per heavy atom. The first-order chi connectivity index (χ1) is 2.56. The standard InChI is InChI=1S/C4H6NO/c1-4(2,6)3-5/h1-2H3. The van der Waals surface area contributed by atoms with Crippen LogP contribution in [0.2, 0.25) is 0 Å². The summed E-state index contributed by atoms with van der Waals surface area (Å²) in [5.41, 5.74) is -1.40. The summed E-state index contributed by atoms with van der Waals surface area (Å²) >= 11 is 0. The Labute approximate surface area is 37.0 Å². The molecule has 0 aromatic rings. The van der Waals surface area contributed by atoms with Crippen molar-refractivity contribution in [1.29, 1.82) is 5.26 Å². The van der Waals surface area contributed by atoms with E-state index in [0.29, 0.717) is 0 Å². The van der Waals surface area contributed by atoms with Gasteiger partial charge in [-0.15, -0.1) is 0 Å². The fourth-order valence-corrected chi connectivity index (χ4v) is 0. The van der Waals surface area contributed by atoms with Crippen LogP contribution < -0.4 is 0 Å². The van der Waals surface area contributed by atoms with Gasteiger partial charge < -0.3 is 0 Å². The summed E-state index contributed by atoms with van der Waals surface area (Å²) in [5, 5.41) is 18.0. The van der Waals surface area contributed by atoms with E-state index in [1.807, 2.05) is 0 Å². The van der Waals surface area contributed by atoms with E-state index >= 15 is 0 Å². The third-order valence-corrected chi connectivity index (χ3v) is 0.269. The lowest BCUT2D eigenvalue weighted by atomic mass is 10.2. The molecule has 0 aromatic carbocycles. The molecule has 6 heavy (non-hydrogen) atoms. The molecule has 0 amide bonds. The molecule has 0 rings (SSSR count). The van der Waals surface area contributed by atoms with Crippen molar-refractivity contribution in [1.82, 2.24) is 0 Å². The Morgan fingerprint density at radius 3 is 1.83 bits per heavy atom. The summed E-state index contributed by atoms with van der Waals surface area (Å²) in [7, 11) is 0. The Bertz CT molecular complexity index is 74.5.